The molecule has 2 aromatic rings. The van der Waals surface area contributed by atoms with Gasteiger partial charge in [0, 0.05) is 17.8 Å². The Balaban J connectivity index is 2.25. The van der Waals surface area contributed by atoms with Crippen molar-refractivity contribution in [1.82, 2.24) is 0 Å². The molecule has 0 bridgehead atoms. The third-order valence-electron chi connectivity index (χ3n) is 3.25. The fraction of sp³-hybridized carbons (Fsp3) is 0.111. The second kappa shape index (κ2) is 8.65. The van der Waals surface area contributed by atoms with Crippen molar-refractivity contribution >= 4 is 35.0 Å². The van der Waals surface area contributed by atoms with E-state index in [0.717, 1.165) is 0 Å². The maximum atomic E-state index is 12.3. The number of hydrogen-bond acceptors (Lipinski definition) is 5. The Morgan fingerprint density at radius 3 is 2.81 bits per heavy atom. The minimum atomic E-state index is -0.640. The molecule has 0 aliphatic carbocycles. The van der Waals surface area contributed by atoms with Gasteiger partial charge < -0.3 is 10.1 Å². The number of halogens is 1. The number of nitrogens with one attached hydrogen (secondary N) is 1. The molecule has 1 amide bonds. The molecular formula is C18H14ClN3O4. The molecule has 0 fully saturated rings. The van der Waals surface area contributed by atoms with Crippen LogP contribution in [0.5, 0.6) is 5.75 Å². The van der Waals surface area contributed by atoms with Gasteiger partial charge >= 0.3 is 0 Å². The van der Waals surface area contributed by atoms with Crippen LogP contribution >= 0.6 is 11.6 Å². The summed E-state index contributed by atoms with van der Waals surface area (Å²) in [6, 6.07) is 12.5. The van der Waals surface area contributed by atoms with E-state index in [1.54, 1.807) is 30.3 Å². The van der Waals surface area contributed by atoms with Crippen LogP contribution < -0.4 is 10.1 Å². The van der Waals surface area contributed by atoms with Crippen LogP contribution in [0.25, 0.3) is 6.08 Å². The van der Waals surface area contributed by atoms with E-state index >= 15 is 0 Å². The van der Waals surface area contributed by atoms with Crippen LogP contribution in [0.4, 0.5) is 11.4 Å². The number of amides is 1. The number of anilines is 1. The minimum Gasteiger partial charge on any atom is -0.494 e. The summed E-state index contributed by atoms with van der Waals surface area (Å²) >= 11 is 5.75. The molecule has 0 unspecified atom stereocenters. The lowest BCUT2D eigenvalue weighted by Gasteiger charge is -2.07. The van der Waals surface area contributed by atoms with Crippen LogP contribution in [0, 0.1) is 21.4 Å². The van der Waals surface area contributed by atoms with Gasteiger partial charge in [-0.1, -0.05) is 23.7 Å². The molecule has 0 aromatic heterocycles. The fourth-order valence-corrected chi connectivity index (χ4v) is 2.29. The number of nitrogens with zero attached hydrogens (tertiary/aromatic N) is 2. The Hall–Kier alpha value is -3.37. The summed E-state index contributed by atoms with van der Waals surface area (Å²) in [5, 5.41) is 22.7. The lowest BCUT2D eigenvalue weighted by Crippen LogP contribution is -2.13. The summed E-state index contributed by atoms with van der Waals surface area (Å²) in [4.78, 5) is 22.6. The number of nitro groups is 1. The zero-order valence-electron chi connectivity index (χ0n) is 13.7. The molecule has 0 atom stereocenters. The Morgan fingerprint density at radius 1 is 1.38 bits per heavy atom. The van der Waals surface area contributed by atoms with Gasteiger partial charge in [0.25, 0.3) is 11.6 Å². The average Bonchev–Trinajstić information content (AvgIpc) is 2.61. The second-order valence-corrected chi connectivity index (χ2v) is 5.46. The molecule has 0 aliphatic heterocycles. The first-order valence-electron chi connectivity index (χ1n) is 7.54. The standard InChI is InChI=1S/C18H14ClN3O4/c1-2-26-15-5-3-4-14(10-15)21-18(23)13(11-20)8-12-6-7-16(19)17(9-12)22(24)25/h3-10H,2H2,1H3,(H,21,23)/b13-8-. The van der Waals surface area contributed by atoms with Crippen molar-refractivity contribution in [3.63, 3.8) is 0 Å². The number of ether oxygens (including phenoxy) is 1. The van der Waals surface area contributed by atoms with Gasteiger partial charge in [-0.25, -0.2) is 0 Å². The fourth-order valence-electron chi connectivity index (χ4n) is 2.10. The number of hydrogen-bond donors (Lipinski definition) is 1. The Labute approximate surface area is 154 Å². The van der Waals surface area contributed by atoms with Crippen molar-refractivity contribution in [3.05, 3.63) is 68.7 Å². The predicted molar refractivity (Wildman–Crippen MR) is 97.9 cm³/mol. The molecule has 0 saturated carbocycles. The maximum absolute atomic E-state index is 12.3. The monoisotopic (exact) mass is 371 g/mol. The Kier molecular flexibility index (Phi) is 6.31. The predicted octanol–water partition coefficient (Wildman–Crippen LogP) is 4.19. The van der Waals surface area contributed by atoms with Gasteiger partial charge in [0.2, 0.25) is 0 Å². The van der Waals surface area contributed by atoms with Crippen LogP contribution in [0.3, 0.4) is 0 Å². The summed E-state index contributed by atoms with van der Waals surface area (Å²) in [5.41, 5.74) is 0.269. The SMILES string of the molecule is CCOc1cccc(NC(=O)/C(C#N)=C\c2ccc(Cl)c([N+](=O)[O-])c2)c1. The van der Waals surface area contributed by atoms with Crippen LogP contribution in [-0.2, 0) is 4.79 Å². The van der Waals surface area contributed by atoms with Crippen molar-refractivity contribution in [2.24, 2.45) is 0 Å². The first-order valence-corrected chi connectivity index (χ1v) is 7.92. The molecule has 0 spiro atoms. The molecule has 2 rings (SSSR count). The summed E-state index contributed by atoms with van der Waals surface area (Å²) in [6.45, 7) is 2.32. The van der Waals surface area contributed by atoms with Crippen LogP contribution in [0.15, 0.2) is 48.0 Å². The highest BCUT2D eigenvalue weighted by Crippen LogP contribution is 2.26. The van der Waals surface area contributed by atoms with E-state index in [1.807, 2.05) is 6.92 Å². The van der Waals surface area contributed by atoms with E-state index in [-0.39, 0.29) is 16.3 Å². The average molecular weight is 372 g/mol. The van der Waals surface area contributed by atoms with Crippen LogP contribution in [-0.4, -0.2) is 17.4 Å². The summed E-state index contributed by atoms with van der Waals surface area (Å²) < 4.78 is 5.35. The van der Waals surface area contributed by atoms with Gasteiger partial charge in [0.05, 0.1) is 11.5 Å². The molecule has 0 saturated heterocycles. The number of nitro benzene ring substituents is 1. The van der Waals surface area contributed by atoms with E-state index < -0.39 is 10.8 Å². The second-order valence-electron chi connectivity index (χ2n) is 5.05. The topological polar surface area (TPSA) is 105 Å². The van der Waals surface area contributed by atoms with Crippen molar-refractivity contribution in [2.45, 2.75) is 6.92 Å². The van der Waals surface area contributed by atoms with Gasteiger partial charge in [0.1, 0.15) is 22.4 Å². The van der Waals surface area contributed by atoms with Crippen molar-refractivity contribution < 1.29 is 14.5 Å². The molecule has 0 heterocycles. The van der Waals surface area contributed by atoms with Gasteiger partial charge in [-0.2, -0.15) is 5.26 Å². The lowest BCUT2D eigenvalue weighted by atomic mass is 10.1. The first kappa shape index (κ1) is 19.0. The van der Waals surface area contributed by atoms with Gasteiger partial charge in [0.15, 0.2) is 0 Å². The third kappa shape index (κ3) is 4.82. The number of rotatable bonds is 6. The Morgan fingerprint density at radius 2 is 2.15 bits per heavy atom. The van der Waals surface area contributed by atoms with E-state index in [2.05, 4.69) is 5.32 Å². The zero-order valence-corrected chi connectivity index (χ0v) is 14.5. The van der Waals surface area contributed by atoms with E-state index in [4.69, 9.17) is 16.3 Å². The molecule has 7 nitrogen and oxygen atoms in total. The molecule has 0 aliphatic rings. The highest BCUT2D eigenvalue weighted by molar-refractivity contribution is 6.32. The maximum Gasteiger partial charge on any atom is 0.288 e. The molecule has 0 radical (unpaired) electrons. The summed E-state index contributed by atoms with van der Waals surface area (Å²) in [5.74, 6) is -0.0557. The summed E-state index contributed by atoms with van der Waals surface area (Å²) in [7, 11) is 0. The number of nitriles is 1. The first-order chi connectivity index (χ1) is 12.4. The number of carbonyl (C=O) groups excluding carboxylic acids is 1. The number of benzene rings is 2. The van der Waals surface area contributed by atoms with Gasteiger partial charge in [-0.15, -0.1) is 0 Å². The van der Waals surface area contributed by atoms with Crippen LogP contribution in [0.2, 0.25) is 5.02 Å². The van der Waals surface area contributed by atoms with Crippen LogP contribution in [0.1, 0.15) is 12.5 Å². The largest absolute Gasteiger partial charge is 0.494 e. The molecule has 2 aromatic carbocycles. The van der Waals surface area contributed by atoms with Gasteiger partial charge in [-0.05, 0) is 36.8 Å². The minimum absolute atomic E-state index is 0.0251. The van der Waals surface area contributed by atoms with Crippen molar-refractivity contribution in [1.29, 1.82) is 5.26 Å². The normalized spacial score (nSPS) is 10.7. The molecule has 132 valence electrons. The molecular weight excluding hydrogens is 358 g/mol. The van der Waals surface area contributed by atoms with Gasteiger partial charge in [-0.3, -0.25) is 14.9 Å². The van der Waals surface area contributed by atoms with Crippen molar-refractivity contribution in [2.75, 3.05) is 11.9 Å². The zero-order chi connectivity index (χ0) is 19.1. The highest BCUT2D eigenvalue weighted by Gasteiger charge is 2.14. The third-order valence-corrected chi connectivity index (χ3v) is 3.57. The quantitative estimate of drug-likeness (QED) is 0.354. The molecule has 26 heavy (non-hydrogen) atoms. The van der Waals surface area contributed by atoms with E-state index in [0.29, 0.717) is 23.6 Å². The molecule has 1 N–H and O–H groups in total. The van der Waals surface area contributed by atoms with E-state index in [1.165, 1.54) is 24.3 Å². The molecule has 8 heteroatoms. The summed E-state index contributed by atoms with van der Waals surface area (Å²) in [6.07, 6.45) is 1.26. The Bertz CT molecular complexity index is 919. The number of carbonyl (C=O) groups is 1. The lowest BCUT2D eigenvalue weighted by molar-refractivity contribution is -0.384. The smallest absolute Gasteiger partial charge is 0.288 e. The van der Waals surface area contributed by atoms with Crippen molar-refractivity contribution in [3.8, 4) is 11.8 Å². The van der Waals surface area contributed by atoms with E-state index in [9.17, 15) is 20.2 Å². The highest BCUT2D eigenvalue weighted by atomic mass is 35.5.